The highest BCUT2D eigenvalue weighted by Gasteiger charge is 2.23. The Balaban J connectivity index is 1.49. The number of aromatic nitrogens is 3. The van der Waals surface area contributed by atoms with Gasteiger partial charge in [-0.1, -0.05) is 36.4 Å². The van der Waals surface area contributed by atoms with Crippen molar-refractivity contribution < 1.29 is 24.2 Å². The van der Waals surface area contributed by atoms with E-state index in [-0.39, 0.29) is 25.5 Å². The minimum absolute atomic E-state index is 0.105. The predicted molar refractivity (Wildman–Crippen MR) is 150 cm³/mol. The van der Waals surface area contributed by atoms with Crippen molar-refractivity contribution in [2.45, 2.75) is 31.7 Å². The Morgan fingerprint density at radius 1 is 1.10 bits per heavy atom. The number of amides is 2. The molecule has 4 N–H and O–H groups in total. The summed E-state index contributed by atoms with van der Waals surface area (Å²) in [6.45, 7) is 0.0969. The Bertz CT molecular complexity index is 1410. The van der Waals surface area contributed by atoms with E-state index in [1.807, 2.05) is 66.7 Å². The molecule has 4 aromatic rings. The summed E-state index contributed by atoms with van der Waals surface area (Å²) < 4.78 is 13.3. The summed E-state index contributed by atoms with van der Waals surface area (Å²) in [5.41, 5.74) is 9.30. The van der Waals surface area contributed by atoms with Crippen LogP contribution in [0.15, 0.2) is 79.1 Å². The SMILES string of the molecule is COc1cccc(-n2nc(-c3cccnc3)c(CCO)c2OCCCC(=O)N[C@@H](Cc2ccccc2)C(N)=O)c1. The zero-order valence-electron chi connectivity index (χ0n) is 22.3. The van der Waals surface area contributed by atoms with E-state index in [9.17, 15) is 14.7 Å². The van der Waals surface area contributed by atoms with Crippen LogP contribution in [-0.2, 0) is 22.4 Å². The molecule has 10 nitrogen and oxygen atoms in total. The molecule has 0 spiro atoms. The Labute approximate surface area is 232 Å². The van der Waals surface area contributed by atoms with Crippen LogP contribution >= 0.6 is 0 Å². The van der Waals surface area contributed by atoms with Gasteiger partial charge in [-0.05, 0) is 36.2 Å². The van der Waals surface area contributed by atoms with Crippen LogP contribution in [0, 0.1) is 0 Å². The van der Waals surface area contributed by atoms with E-state index in [4.69, 9.17) is 20.3 Å². The van der Waals surface area contributed by atoms with Crippen molar-refractivity contribution in [1.82, 2.24) is 20.1 Å². The van der Waals surface area contributed by atoms with E-state index in [1.165, 1.54) is 0 Å². The van der Waals surface area contributed by atoms with Crippen molar-refractivity contribution in [1.29, 1.82) is 0 Å². The summed E-state index contributed by atoms with van der Waals surface area (Å²) in [7, 11) is 1.59. The van der Waals surface area contributed by atoms with Crippen molar-refractivity contribution in [2.75, 3.05) is 20.3 Å². The largest absolute Gasteiger partial charge is 0.497 e. The highest BCUT2D eigenvalue weighted by Crippen LogP contribution is 2.34. The molecule has 4 rings (SSSR count). The topological polar surface area (TPSA) is 142 Å². The number of rotatable bonds is 14. The zero-order valence-corrected chi connectivity index (χ0v) is 22.3. The van der Waals surface area contributed by atoms with Gasteiger partial charge in [0.05, 0.1) is 19.4 Å². The summed E-state index contributed by atoms with van der Waals surface area (Å²) >= 11 is 0. The van der Waals surface area contributed by atoms with Gasteiger partial charge < -0.3 is 25.6 Å². The van der Waals surface area contributed by atoms with Gasteiger partial charge in [-0.15, -0.1) is 0 Å². The number of hydrogen-bond donors (Lipinski definition) is 3. The number of aliphatic hydroxyl groups is 1. The number of carbonyl (C=O) groups excluding carboxylic acids is 2. The minimum atomic E-state index is -0.802. The Kier molecular flexibility index (Phi) is 9.84. The maximum Gasteiger partial charge on any atom is 0.240 e. The fourth-order valence-electron chi connectivity index (χ4n) is 4.31. The Hall–Kier alpha value is -4.70. The van der Waals surface area contributed by atoms with Crippen LogP contribution in [0.25, 0.3) is 16.9 Å². The molecular weight excluding hydrogens is 510 g/mol. The number of benzene rings is 2. The number of pyridine rings is 1. The molecular formula is C30H33N5O5. The van der Waals surface area contributed by atoms with Crippen LogP contribution in [0.5, 0.6) is 11.6 Å². The quantitative estimate of drug-likeness (QED) is 0.208. The van der Waals surface area contributed by atoms with Crippen LogP contribution < -0.4 is 20.5 Å². The summed E-state index contributed by atoms with van der Waals surface area (Å²) in [5, 5.41) is 17.4. The van der Waals surface area contributed by atoms with Gasteiger partial charge in [0.1, 0.15) is 17.5 Å². The molecule has 1 atom stereocenters. The monoisotopic (exact) mass is 543 g/mol. The second-order valence-electron chi connectivity index (χ2n) is 9.13. The summed E-state index contributed by atoms with van der Waals surface area (Å²) in [5.74, 6) is 0.228. The summed E-state index contributed by atoms with van der Waals surface area (Å²) in [4.78, 5) is 28.8. The van der Waals surface area contributed by atoms with Crippen LogP contribution in [0.2, 0.25) is 0 Å². The standard InChI is InChI=1S/C30H33N5O5/c1-39-24-12-5-11-23(19-24)35-30(25(14-16-36)28(34-35)22-10-6-15-32-20-22)40-17-7-13-27(37)33-26(29(31)38)18-21-8-3-2-4-9-21/h2-6,8-12,15,19-20,26,36H,7,13-14,16-18H2,1H3,(H2,31,38)(H,33,37)/t26-/m0/s1. The lowest BCUT2D eigenvalue weighted by atomic mass is 10.1. The third kappa shape index (κ3) is 7.23. The second-order valence-corrected chi connectivity index (χ2v) is 9.13. The van der Waals surface area contributed by atoms with Crippen molar-refractivity contribution in [3.8, 4) is 28.6 Å². The molecule has 2 heterocycles. The van der Waals surface area contributed by atoms with E-state index in [1.54, 1.807) is 24.2 Å². The number of ether oxygens (including phenoxy) is 2. The molecule has 0 radical (unpaired) electrons. The van der Waals surface area contributed by atoms with Gasteiger partial charge in [0.2, 0.25) is 17.7 Å². The first-order chi connectivity index (χ1) is 19.5. The number of primary amides is 1. The van der Waals surface area contributed by atoms with E-state index >= 15 is 0 Å². The van der Waals surface area contributed by atoms with Crippen LogP contribution in [-0.4, -0.2) is 58.1 Å². The van der Waals surface area contributed by atoms with Gasteiger partial charge in [0, 0.05) is 55.5 Å². The molecule has 0 aliphatic carbocycles. The molecule has 208 valence electrons. The third-order valence-electron chi connectivity index (χ3n) is 6.28. The van der Waals surface area contributed by atoms with E-state index < -0.39 is 11.9 Å². The van der Waals surface area contributed by atoms with Crippen molar-refractivity contribution in [3.05, 3.63) is 90.3 Å². The molecule has 10 heteroatoms. The van der Waals surface area contributed by atoms with Gasteiger partial charge >= 0.3 is 0 Å². The zero-order chi connectivity index (χ0) is 28.3. The maximum atomic E-state index is 12.6. The summed E-state index contributed by atoms with van der Waals surface area (Å²) in [6, 6.07) is 19.7. The highest BCUT2D eigenvalue weighted by atomic mass is 16.5. The number of hydrogen-bond acceptors (Lipinski definition) is 7. The molecule has 0 aliphatic rings. The van der Waals surface area contributed by atoms with Gasteiger partial charge in [-0.2, -0.15) is 5.10 Å². The van der Waals surface area contributed by atoms with Crippen molar-refractivity contribution in [3.63, 3.8) is 0 Å². The average molecular weight is 544 g/mol. The molecule has 0 saturated heterocycles. The van der Waals surface area contributed by atoms with Gasteiger partial charge in [0.15, 0.2) is 0 Å². The molecule has 0 saturated carbocycles. The smallest absolute Gasteiger partial charge is 0.240 e. The first-order valence-electron chi connectivity index (χ1n) is 13.0. The minimum Gasteiger partial charge on any atom is -0.497 e. The molecule has 2 amide bonds. The number of nitrogens with two attached hydrogens (primary N) is 1. The van der Waals surface area contributed by atoms with Gasteiger partial charge in [-0.3, -0.25) is 14.6 Å². The molecule has 2 aromatic carbocycles. The maximum absolute atomic E-state index is 12.6. The first kappa shape index (κ1) is 28.3. The first-order valence-corrected chi connectivity index (χ1v) is 13.0. The predicted octanol–water partition coefficient (Wildman–Crippen LogP) is 2.85. The van der Waals surface area contributed by atoms with E-state index in [0.29, 0.717) is 42.3 Å². The molecule has 0 aliphatic heterocycles. The van der Waals surface area contributed by atoms with Crippen LogP contribution in [0.3, 0.4) is 0 Å². The summed E-state index contributed by atoms with van der Waals surface area (Å²) in [6.07, 6.45) is 4.53. The van der Waals surface area contributed by atoms with Crippen LogP contribution in [0.1, 0.15) is 24.0 Å². The fourth-order valence-corrected chi connectivity index (χ4v) is 4.31. The normalized spacial score (nSPS) is 11.6. The lowest BCUT2D eigenvalue weighted by Gasteiger charge is -2.16. The molecule has 0 fully saturated rings. The lowest BCUT2D eigenvalue weighted by molar-refractivity contribution is -0.127. The molecule has 2 aromatic heterocycles. The van der Waals surface area contributed by atoms with Crippen LogP contribution in [0.4, 0.5) is 0 Å². The number of nitrogens with one attached hydrogen (secondary N) is 1. The molecule has 40 heavy (non-hydrogen) atoms. The van der Waals surface area contributed by atoms with Gasteiger partial charge in [-0.25, -0.2) is 4.68 Å². The van der Waals surface area contributed by atoms with Crippen molar-refractivity contribution >= 4 is 11.8 Å². The Morgan fingerprint density at radius 2 is 1.93 bits per heavy atom. The molecule has 0 unspecified atom stereocenters. The lowest BCUT2D eigenvalue weighted by Crippen LogP contribution is -2.45. The number of carbonyl (C=O) groups is 2. The highest BCUT2D eigenvalue weighted by molar-refractivity contribution is 5.86. The third-order valence-corrected chi connectivity index (χ3v) is 6.28. The van der Waals surface area contributed by atoms with Crippen molar-refractivity contribution in [2.24, 2.45) is 5.73 Å². The number of aliphatic hydroxyl groups excluding tert-OH is 1. The average Bonchev–Trinajstić information content (AvgIpc) is 3.34. The number of methoxy groups -OCH3 is 1. The number of nitrogens with zero attached hydrogens (tertiary/aromatic N) is 3. The van der Waals surface area contributed by atoms with E-state index in [0.717, 1.165) is 16.7 Å². The fraction of sp³-hybridized carbons (Fsp3) is 0.267. The van der Waals surface area contributed by atoms with E-state index in [2.05, 4.69) is 10.3 Å². The van der Waals surface area contributed by atoms with Gasteiger partial charge in [0.25, 0.3) is 0 Å². The second kappa shape index (κ2) is 13.9. The Morgan fingerprint density at radius 3 is 2.62 bits per heavy atom. The molecule has 0 bridgehead atoms.